The largest absolute Gasteiger partial charge is 0.462 e. The molecule has 0 heterocycles. The third kappa shape index (κ3) is 6.30. The zero-order valence-electron chi connectivity index (χ0n) is 15.7. The highest BCUT2D eigenvalue weighted by atomic mass is 16.5. The number of rotatable bonds is 8. The number of hydrogen-bond donors (Lipinski definition) is 0. The summed E-state index contributed by atoms with van der Waals surface area (Å²) in [6.07, 6.45) is 7.86. The van der Waals surface area contributed by atoms with E-state index in [2.05, 4.69) is 41.5 Å². The monoisotopic (exact) mass is 310 g/mol. The Bertz CT molecular complexity index is 322. The molecule has 4 atom stereocenters. The quantitative estimate of drug-likeness (QED) is 0.526. The molecule has 0 amide bonds. The zero-order valence-corrected chi connectivity index (χ0v) is 15.7. The van der Waals surface area contributed by atoms with E-state index < -0.39 is 0 Å². The van der Waals surface area contributed by atoms with Crippen LogP contribution in [-0.4, -0.2) is 12.1 Å². The predicted octanol–water partition coefficient (Wildman–Crippen LogP) is 5.84. The Kier molecular flexibility index (Phi) is 8.49. The highest BCUT2D eigenvalue weighted by molar-refractivity contribution is 5.70. The maximum Gasteiger partial charge on any atom is 0.306 e. The molecular formula is C20H38O2. The van der Waals surface area contributed by atoms with E-state index in [-0.39, 0.29) is 12.1 Å². The topological polar surface area (TPSA) is 26.3 Å². The molecular weight excluding hydrogens is 272 g/mol. The number of hydrogen-bond acceptors (Lipinski definition) is 2. The molecule has 0 aromatic heterocycles. The molecule has 0 spiro atoms. The molecule has 0 radical (unpaired) electrons. The van der Waals surface area contributed by atoms with Crippen LogP contribution in [0.3, 0.4) is 0 Å². The van der Waals surface area contributed by atoms with E-state index >= 15 is 0 Å². The highest BCUT2D eigenvalue weighted by Crippen LogP contribution is 2.36. The van der Waals surface area contributed by atoms with E-state index in [1.807, 2.05) is 0 Å². The van der Waals surface area contributed by atoms with Gasteiger partial charge in [-0.2, -0.15) is 0 Å². The second-order valence-electron chi connectivity index (χ2n) is 8.20. The molecule has 1 aliphatic carbocycles. The first-order valence-corrected chi connectivity index (χ1v) is 9.54. The molecule has 130 valence electrons. The van der Waals surface area contributed by atoms with E-state index in [1.165, 1.54) is 25.7 Å². The van der Waals surface area contributed by atoms with Crippen molar-refractivity contribution in [2.45, 2.75) is 92.6 Å². The van der Waals surface area contributed by atoms with Crippen LogP contribution >= 0.6 is 0 Å². The molecule has 1 saturated carbocycles. The Balaban J connectivity index is 2.56. The van der Waals surface area contributed by atoms with Crippen LogP contribution in [0.25, 0.3) is 0 Å². The summed E-state index contributed by atoms with van der Waals surface area (Å²) in [6, 6.07) is 0. The van der Waals surface area contributed by atoms with Crippen LogP contribution in [-0.2, 0) is 9.53 Å². The fourth-order valence-electron chi connectivity index (χ4n) is 3.82. The Morgan fingerprint density at radius 2 is 1.86 bits per heavy atom. The Hall–Kier alpha value is -0.530. The van der Waals surface area contributed by atoms with Crippen LogP contribution in [0, 0.1) is 29.6 Å². The van der Waals surface area contributed by atoms with Gasteiger partial charge < -0.3 is 4.74 Å². The van der Waals surface area contributed by atoms with Crippen molar-refractivity contribution in [1.29, 1.82) is 0 Å². The normalized spacial score (nSPS) is 27.2. The molecule has 0 saturated heterocycles. The summed E-state index contributed by atoms with van der Waals surface area (Å²) in [5.74, 6) is 2.92. The Labute approximate surface area is 138 Å². The van der Waals surface area contributed by atoms with Crippen molar-refractivity contribution in [1.82, 2.24) is 0 Å². The predicted molar refractivity (Wildman–Crippen MR) is 93.7 cm³/mol. The van der Waals surface area contributed by atoms with Crippen LogP contribution in [0.15, 0.2) is 0 Å². The molecule has 0 N–H and O–H groups in total. The van der Waals surface area contributed by atoms with Gasteiger partial charge in [-0.25, -0.2) is 0 Å². The van der Waals surface area contributed by atoms with Gasteiger partial charge in [-0.15, -0.1) is 0 Å². The standard InChI is InChI=1S/C20H38O2/c1-7-8-9-17(14(2)3)13-20(21)22-19-12-16(6)10-11-18(19)15(4)5/h14-19H,7-13H2,1-6H3. The molecule has 2 nitrogen and oxygen atoms in total. The molecule has 22 heavy (non-hydrogen) atoms. The lowest BCUT2D eigenvalue weighted by Crippen LogP contribution is -2.36. The van der Waals surface area contributed by atoms with Crippen LogP contribution in [0.1, 0.15) is 86.5 Å². The van der Waals surface area contributed by atoms with Crippen molar-refractivity contribution in [3.8, 4) is 0 Å². The van der Waals surface area contributed by atoms with Gasteiger partial charge in [-0.1, -0.05) is 60.8 Å². The van der Waals surface area contributed by atoms with E-state index in [9.17, 15) is 4.79 Å². The number of unbranched alkanes of at least 4 members (excludes halogenated alkanes) is 1. The minimum Gasteiger partial charge on any atom is -0.462 e. The Morgan fingerprint density at radius 3 is 2.41 bits per heavy atom. The number of esters is 1. The van der Waals surface area contributed by atoms with Gasteiger partial charge >= 0.3 is 5.97 Å². The first kappa shape index (κ1) is 19.5. The lowest BCUT2D eigenvalue weighted by molar-refractivity contribution is -0.157. The summed E-state index contributed by atoms with van der Waals surface area (Å²) < 4.78 is 5.96. The van der Waals surface area contributed by atoms with Crippen molar-refractivity contribution in [3.05, 3.63) is 0 Å². The fraction of sp³-hybridized carbons (Fsp3) is 0.950. The van der Waals surface area contributed by atoms with Crippen LogP contribution in [0.4, 0.5) is 0 Å². The summed E-state index contributed by atoms with van der Waals surface area (Å²) in [7, 11) is 0. The maximum absolute atomic E-state index is 12.4. The second kappa shape index (κ2) is 9.57. The third-order valence-electron chi connectivity index (χ3n) is 5.54. The molecule has 0 aliphatic heterocycles. The summed E-state index contributed by atoms with van der Waals surface area (Å²) in [5, 5.41) is 0. The van der Waals surface area contributed by atoms with E-state index in [1.54, 1.807) is 0 Å². The smallest absolute Gasteiger partial charge is 0.306 e. The maximum atomic E-state index is 12.4. The van der Waals surface area contributed by atoms with Crippen LogP contribution in [0.5, 0.6) is 0 Å². The molecule has 0 bridgehead atoms. The molecule has 1 rings (SSSR count). The van der Waals surface area contributed by atoms with Crippen LogP contribution in [0.2, 0.25) is 0 Å². The zero-order chi connectivity index (χ0) is 16.7. The second-order valence-corrected chi connectivity index (χ2v) is 8.20. The van der Waals surface area contributed by atoms with E-state index in [0.717, 1.165) is 12.8 Å². The average Bonchev–Trinajstić information content (AvgIpc) is 2.42. The van der Waals surface area contributed by atoms with Crippen molar-refractivity contribution < 1.29 is 9.53 Å². The molecule has 4 unspecified atom stereocenters. The number of ether oxygens (including phenoxy) is 1. The van der Waals surface area contributed by atoms with Gasteiger partial charge in [-0.3, -0.25) is 4.79 Å². The fourth-order valence-corrected chi connectivity index (χ4v) is 3.82. The Morgan fingerprint density at radius 1 is 1.18 bits per heavy atom. The molecule has 2 heteroatoms. The SMILES string of the molecule is CCCCC(CC(=O)OC1CC(C)CCC1C(C)C)C(C)C. The minimum atomic E-state index is 0.0413. The lowest BCUT2D eigenvalue weighted by Gasteiger charge is -2.37. The van der Waals surface area contributed by atoms with Gasteiger partial charge in [0.2, 0.25) is 0 Å². The number of carbonyl (C=O) groups excluding carboxylic acids is 1. The van der Waals surface area contributed by atoms with E-state index in [0.29, 0.717) is 36.0 Å². The van der Waals surface area contributed by atoms with Gasteiger partial charge in [-0.05, 0) is 48.9 Å². The van der Waals surface area contributed by atoms with E-state index in [4.69, 9.17) is 4.74 Å². The summed E-state index contributed by atoms with van der Waals surface area (Å²) in [4.78, 5) is 12.4. The van der Waals surface area contributed by atoms with Gasteiger partial charge in [0.15, 0.2) is 0 Å². The first-order valence-electron chi connectivity index (χ1n) is 9.54. The van der Waals surface area contributed by atoms with Crippen molar-refractivity contribution in [2.24, 2.45) is 29.6 Å². The molecule has 1 aliphatic rings. The minimum absolute atomic E-state index is 0.0413. The van der Waals surface area contributed by atoms with Gasteiger partial charge in [0.25, 0.3) is 0 Å². The van der Waals surface area contributed by atoms with Crippen molar-refractivity contribution >= 4 is 5.97 Å². The molecule has 1 fully saturated rings. The van der Waals surface area contributed by atoms with Gasteiger partial charge in [0, 0.05) is 6.42 Å². The molecule has 0 aromatic carbocycles. The van der Waals surface area contributed by atoms with Crippen molar-refractivity contribution in [3.63, 3.8) is 0 Å². The van der Waals surface area contributed by atoms with Gasteiger partial charge in [0.05, 0.1) is 0 Å². The summed E-state index contributed by atoms with van der Waals surface area (Å²) >= 11 is 0. The highest BCUT2D eigenvalue weighted by Gasteiger charge is 2.33. The third-order valence-corrected chi connectivity index (χ3v) is 5.54. The average molecular weight is 311 g/mol. The summed E-state index contributed by atoms with van der Waals surface area (Å²) in [6.45, 7) is 13.5. The summed E-state index contributed by atoms with van der Waals surface area (Å²) in [5.41, 5.74) is 0. The van der Waals surface area contributed by atoms with Crippen LogP contribution < -0.4 is 0 Å². The van der Waals surface area contributed by atoms with Gasteiger partial charge in [0.1, 0.15) is 6.10 Å². The molecule has 0 aromatic rings. The number of carbonyl (C=O) groups is 1. The van der Waals surface area contributed by atoms with Crippen molar-refractivity contribution in [2.75, 3.05) is 0 Å². The lowest BCUT2D eigenvalue weighted by atomic mass is 9.75. The first-order chi connectivity index (χ1) is 10.3.